The third-order valence-electron chi connectivity index (χ3n) is 3.34. The second kappa shape index (κ2) is 9.07. The lowest BCUT2D eigenvalue weighted by molar-refractivity contribution is -0.115. The SMILES string of the molecule is COc1ccc(Cl)cc1NC(=O)CCSCc1nc(-c2cccs2)no1. The van der Waals surface area contributed by atoms with E-state index in [0.29, 0.717) is 46.1 Å². The van der Waals surface area contributed by atoms with Gasteiger partial charge in [0.2, 0.25) is 17.6 Å². The number of carbonyl (C=O) groups is 1. The molecule has 3 aromatic rings. The fraction of sp³-hybridized carbons (Fsp3) is 0.235. The van der Waals surface area contributed by atoms with Crippen molar-refractivity contribution < 1.29 is 14.1 Å². The minimum Gasteiger partial charge on any atom is -0.495 e. The summed E-state index contributed by atoms with van der Waals surface area (Å²) in [4.78, 5) is 17.4. The standard InChI is InChI=1S/C17H16ClN3O3S2/c1-23-13-5-4-11(18)9-12(13)19-15(22)6-8-25-10-16-20-17(21-24-16)14-3-2-7-26-14/h2-5,7,9H,6,8,10H2,1H3,(H,19,22). The molecule has 0 aliphatic rings. The summed E-state index contributed by atoms with van der Waals surface area (Å²) in [5.74, 6) is 2.80. The molecular formula is C17H16ClN3O3S2. The lowest BCUT2D eigenvalue weighted by atomic mass is 10.3. The van der Waals surface area contributed by atoms with Gasteiger partial charge in [-0.1, -0.05) is 22.8 Å². The molecule has 0 saturated heterocycles. The van der Waals surface area contributed by atoms with Crippen LogP contribution in [0.2, 0.25) is 5.02 Å². The Labute approximate surface area is 163 Å². The van der Waals surface area contributed by atoms with Crippen molar-refractivity contribution in [3.63, 3.8) is 0 Å². The molecule has 0 aliphatic heterocycles. The summed E-state index contributed by atoms with van der Waals surface area (Å²) in [5.41, 5.74) is 0.562. The Balaban J connectivity index is 1.44. The van der Waals surface area contributed by atoms with E-state index in [-0.39, 0.29) is 5.91 Å². The number of aromatic nitrogens is 2. The Morgan fingerprint density at radius 2 is 2.31 bits per heavy atom. The molecule has 0 bridgehead atoms. The molecule has 0 fully saturated rings. The van der Waals surface area contributed by atoms with Gasteiger partial charge in [0.1, 0.15) is 5.75 Å². The first-order chi connectivity index (χ1) is 12.7. The van der Waals surface area contributed by atoms with Crippen LogP contribution in [0.4, 0.5) is 5.69 Å². The number of halogens is 1. The molecule has 26 heavy (non-hydrogen) atoms. The van der Waals surface area contributed by atoms with Crippen molar-refractivity contribution in [3.05, 3.63) is 46.6 Å². The Morgan fingerprint density at radius 1 is 1.42 bits per heavy atom. The van der Waals surface area contributed by atoms with Gasteiger partial charge in [-0.3, -0.25) is 4.79 Å². The minimum absolute atomic E-state index is 0.108. The Morgan fingerprint density at radius 3 is 3.08 bits per heavy atom. The van der Waals surface area contributed by atoms with Crippen LogP contribution >= 0.6 is 34.7 Å². The first-order valence-corrected chi connectivity index (χ1v) is 10.1. The van der Waals surface area contributed by atoms with Crippen molar-refractivity contribution in [1.29, 1.82) is 0 Å². The van der Waals surface area contributed by atoms with Gasteiger partial charge < -0.3 is 14.6 Å². The minimum atomic E-state index is -0.108. The second-order valence-electron chi connectivity index (χ2n) is 5.18. The first kappa shape index (κ1) is 18.8. The van der Waals surface area contributed by atoms with E-state index in [1.54, 1.807) is 48.4 Å². The number of thiophene rings is 1. The third kappa shape index (κ3) is 5.00. The van der Waals surface area contributed by atoms with Crippen molar-refractivity contribution in [3.8, 4) is 16.5 Å². The Hall–Kier alpha value is -2.03. The Bertz CT molecular complexity index is 868. The molecule has 2 aromatic heterocycles. The number of hydrogen-bond acceptors (Lipinski definition) is 7. The summed E-state index contributed by atoms with van der Waals surface area (Å²) in [6, 6.07) is 8.98. The molecule has 1 N–H and O–H groups in total. The van der Waals surface area contributed by atoms with Gasteiger partial charge in [0.05, 0.1) is 23.4 Å². The average Bonchev–Trinajstić information content (AvgIpc) is 3.30. The van der Waals surface area contributed by atoms with Gasteiger partial charge in [-0.15, -0.1) is 11.3 Å². The van der Waals surface area contributed by atoms with Crippen molar-refractivity contribution in [2.45, 2.75) is 12.2 Å². The van der Waals surface area contributed by atoms with Crippen LogP contribution < -0.4 is 10.1 Å². The zero-order valence-corrected chi connectivity index (χ0v) is 16.3. The van der Waals surface area contributed by atoms with Crippen LogP contribution in [0, 0.1) is 0 Å². The van der Waals surface area contributed by atoms with Crippen molar-refractivity contribution >= 4 is 46.3 Å². The fourth-order valence-electron chi connectivity index (χ4n) is 2.13. The predicted octanol–water partition coefficient (Wildman–Crippen LogP) is 4.72. The largest absolute Gasteiger partial charge is 0.495 e. The highest BCUT2D eigenvalue weighted by Gasteiger charge is 2.11. The van der Waals surface area contributed by atoms with Gasteiger partial charge >= 0.3 is 0 Å². The van der Waals surface area contributed by atoms with Crippen molar-refractivity contribution in [1.82, 2.24) is 10.1 Å². The van der Waals surface area contributed by atoms with E-state index >= 15 is 0 Å². The molecule has 0 unspecified atom stereocenters. The maximum atomic E-state index is 12.1. The maximum Gasteiger partial charge on any atom is 0.236 e. The van der Waals surface area contributed by atoms with Gasteiger partial charge in [-0.2, -0.15) is 16.7 Å². The van der Waals surface area contributed by atoms with Gasteiger partial charge in [0, 0.05) is 17.2 Å². The summed E-state index contributed by atoms with van der Waals surface area (Å²) in [7, 11) is 1.55. The summed E-state index contributed by atoms with van der Waals surface area (Å²) in [6.45, 7) is 0. The van der Waals surface area contributed by atoms with Crippen LogP contribution in [0.1, 0.15) is 12.3 Å². The molecule has 0 saturated carbocycles. The summed E-state index contributed by atoms with van der Waals surface area (Å²) < 4.78 is 10.4. The lowest BCUT2D eigenvalue weighted by Gasteiger charge is -2.10. The molecule has 1 amide bonds. The van der Waals surface area contributed by atoms with Crippen LogP contribution in [0.3, 0.4) is 0 Å². The number of ether oxygens (including phenoxy) is 1. The molecule has 2 heterocycles. The number of anilines is 1. The number of methoxy groups -OCH3 is 1. The van der Waals surface area contributed by atoms with Crippen molar-refractivity contribution in [2.24, 2.45) is 0 Å². The van der Waals surface area contributed by atoms with E-state index in [9.17, 15) is 4.79 Å². The molecule has 0 atom stereocenters. The number of amides is 1. The molecule has 9 heteroatoms. The molecule has 0 spiro atoms. The Kier molecular flexibility index (Phi) is 6.54. The van der Waals surface area contributed by atoms with E-state index < -0.39 is 0 Å². The summed E-state index contributed by atoms with van der Waals surface area (Å²) in [6.07, 6.45) is 0.353. The van der Waals surface area contributed by atoms with Crippen molar-refractivity contribution in [2.75, 3.05) is 18.2 Å². The molecule has 136 valence electrons. The topological polar surface area (TPSA) is 77.2 Å². The molecule has 3 rings (SSSR count). The maximum absolute atomic E-state index is 12.1. The highest BCUT2D eigenvalue weighted by molar-refractivity contribution is 7.98. The van der Waals surface area contributed by atoms with Gasteiger partial charge in [-0.25, -0.2) is 0 Å². The summed E-state index contributed by atoms with van der Waals surface area (Å²) in [5, 5.41) is 9.27. The smallest absolute Gasteiger partial charge is 0.236 e. The van der Waals surface area contributed by atoms with Gasteiger partial charge in [0.25, 0.3) is 0 Å². The van der Waals surface area contributed by atoms with Gasteiger partial charge in [0.15, 0.2) is 0 Å². The second-order valence-corrected chi connectivity index (χ2v) is 7.67. The van der Waals surface area contributed by atoms with E-state index in [2.05, 4.69) is 15.5 Å². The molecule has 0 radical (unpaired) electrons. The number of rotatable bonds is 8. The molecular weight excluding hydrogens is 394 g/mol. The lowest BCUT2D eigenvalue weighted by Crippen LogP contribution is -2.13. The number of nitrogens with one attached hydrogen (secondary N) is 1. The van der Waals surface area contributed by atoms with Crippen LogP contribution in [0.15, 0.2) is 40.2 Å². The highest BCUT2D eigenvalue weighted by Crippen LogP contribution is 2.28. The monoisotopic (exact) mass is 409 g/mol. The van der Waals surface area contributed by atoms with E-state index in [1.165, 1.54) is 0 Å². The molecule has 0 aliphatic carbocycles. The van der Waals surface area contributed by atoms with Crippen LogP contribution in [-0.2, 0) is 10.5 Å². The third-order valence-corrected chi connectivity index (χ3v) is 5.39. The number of carbonyl (C=O) groups excluding carboxylic acids is 1. The zero-order valence-electron chi connectivity index (χ0n) is 13.9. The number of thioether (sulfide) groups is 1. The average molecular weight is 410 g/mol. The summed E-state index contributed by atoms with van der Waals surface area (Å²) >= 11 is 9.08. The van der Waals surface area contributed by atoms with Gasteiger partial charge in [-0.05, 0) is 29.6 Å². The van der Waals surface area contributed by atoms with E-state index in [0.717, 1.165) is 4.88 Å². The normalized spacial score (nSPS) is 10.7. The first-order valence-electron chi connectivity index (χ1n) is 7.73. The molecule has 6 nitrogen and oxygen atoms in total. The number of nitrogens with zero attached hydrogens (tertiary/aromatic N) is 2. The van der Waals surface area contributed by atoms with Crippen LogP contribution in [0.5, 0.6) is 5.75 Å². The van der Waals surface area contributed by atoms with Crippen LogP contribution in [-0.4, -0.2) is 28.9 Å². The quantitative estimate of drug-likeness (QED) is 0.542. The zero-order chi connectivity index (χ0) is 18.4. The van der Waals surface area contributed by atoms with Crippen LogP contribution in [0.25, 0.3) is 10.7 Å². The van der Waals surface area contributed by atoms with E-state index in [4.69, 9.17) is 20.9 Å². The highest BCUT2D eigenvalue weighted by atomic mass is 35.5. The molecule has 1 aromatic carbocycles. The van der Waals surface area contributed by atoms with E-state index in [1.807, 2.05) is 17.5 Å². The fourth-order valence-corrected chi connectivity index (χ4v) is 3.72. The predicted molar refractivity (Wildman–Crippen MR) is 105 cm³/mol. The number of hydrogen-bond donors (Lipinski definition) is 1. The number of benzene rings is 1.